The van der Waals surface area contributed by atoms with Crippen LogP contribution in [0.3, 0.4) is 0 Å². The Morgan fingerprint density at radius 3 is 2.70 bits per heavy atom. The summed E-state index contributed by atoms with van der Waals surface area (Å²) in [5.41, 5.74) is -1.12. The van der Waals surface area contributed by atoms with Crippen LogP contribution in [0.2, 0.25) is 0 Å². The lowest BCUT2D eigenvalue weighted by Crippen LogP contribution is -2.34. The van der Waals surface area contributed by atoms with Gasteiger partial charge in [0, 0.05) is 18.3 Å². The van der Waals surface area contributed by atoms with Crippen molar-refractivity contribution in [3.8, 4) is 6.07 Å². The van der Waals surface area contributed by atoms with Crippen LogP contribution in [0.4, 0.5) is 4.79 Å². The van der Waals surface area contributed by atoms with Crippen molar-refractivity contribution in [1.29, 1.82) is 5.26 Å². The molecule has 1 aromatic rings. The summed E-state index contributed by atoms with van der Waals surface area (Å²) in [4.78, 5) is 25.0. The van der Waals surface area contributed by atoms with Crippen LogP contribution in [0.5, 0.6) is 0 Å². The van der Waals surface area contributed by atoms with Gasteiger partial charge in [-0.25, -0.2) is 4.79 Å². The Morgan fingerprint density at radius 1 is 1.48 bits per heavy atom. The van der Waals surface area contributed by atoms with Crippen LogP contribution in [0, 0.1) is 11.3 Å². The molecule has 0 radical (unpaired) electrons. The van der Waals surface area contributed by atoms with Gasteiger partial charge in [-0.05, 0) is 33.3 Å². The standard InChI is InChI=1S/C15H21N3O5/c1-15(2,3)23-14(22)17-5-4-11(19)12(20)10-6-9(7-16)13(21)18-8-10/h6,8,11-12,19-20H,4-5H2,1-3H3,(H,17,22)(H,18,21). The van der Waals surface area contributed by atoms with Crippen LogP contribution in [0.15, 0.2) is 17.1 Å². The minimum Gasteiger partial charge on any atom is -0.444 e. The zero-order valence-electron chi connectivity index (χ0n) is 13.3. The third-order valence-electron chi connectivity index (χ3n) is 2.86. The lowest BCUT2D eigenvalue weighted by molar-refractivity contribution is 0.0121. The summed E-state index contributed by atoms with van der Waals surface area (Å²) >= 11 is 0. The fourth-order valence-corrected chi connectivity index (χ4v) is 1.77. The molecule has 126 valence electrons. The number of carbonyl (C=O) groups is 1. The molecule has 1 aromatic heterocycles. The zero-order chi connectivity index (χ0) is 17.6. The largest absolute Gasteiger partial charge is 0.444 e. The second kappa shape index (κ2) is 7.76. The first-order valence-corrected chi connectivity index (χ1v) is 7.10. The summed E-state index contributed by atoms with van der Waals surface area (Å²) in [6.45, 7) is 5.29. The maximum absolute atomic E-state index is 11.4. The van der Waals surface area contributed by atoms with Crippen molar-refractivity contribution in [1.82, 2.24) is 10.3 Å². The number of pyridine rings is 1. The fraction of sp³-hybridized carbons (Fsp3) is 0.533. The van der Waals surface area contributed by atoms with Crippen molar-refractivity contribution in [2.24, 2.45) is 0 Å². The SMILES string of the molecule is CC(C)(C)OC(=O)NCCC(O)C(O)c1c[nH]c(=O)c(C#N)c1. The Balaban J connectivity index is 2.55. The van der Waals surface area contributed by atoms with E-state index in [-0.39, 0.29) is 24.1 Å². The number of hydrogen-bond acceptors (Lipinski definition) is 6. The van der Waals surface area contributed by atoms with E-state index in [1.807, 2.05) is 0 Å². The lowest BCUT2D eigenvalue weighted by atomic mass is 10.0. The van der Waals surface area contributed by atoms with E-state index in [0.29, 0.717) is 0 Å². The topological polar surface area (TPSA) is 135 Å². The molecular weight excluding hydrogens is 302 g/mol. The number of H-pyrrole nitrogens is 1. The van der Waals surface area contributed by atoms with Gasteiger partial charge in [-0.1, -0.05) is 0 Å². The minimum atomic E-state index is -1.29. The van der Waals surface area contributed by atoms with Crippen molar-refractivity contribution in [3.63, 3.8) is 0 Å². The lowest BCUT2D eigenvalue weighted by Gasteiger charge is -2.21. The van der Waals surface area contributed by atoms with Gasteiger partial charge in [0.1, 0.15) is 23.3 Å². The maximum atomic E-state index is 11.4. The Hall–Kier alpha value is -2.37. The van der Waals surface area contributed by atoms with Gasteiger partial charge in [-0.3, -0.25) is 4.79 Å². The van der Waals surface area contributed by atoms with Gasteiger partial charge >= 0.3 is 6.09 Å². The van der Waals surface area contributed by atoms with Gasteiger partial charge in [0.25, 0.3) is 5.56 Å². The first-order chi connectivity index (χ1) is 10.6. The van der Waals surface area contributed by atoms with E-state index in [1.54, 1.807) is 26.8 Å². The van der Waals surface area contributed by atoms with Gasteiger partial charge in [0.2, 0.25) is 0 Å². The number of nitriles is 1. The number of aromatic nitrogens is 1. The predicted molar refractivity (Wildman–Crippen MR) is 81.6 cm³/mol. The number of nitrogens with zero attached hydrogens (tertiary/aromatic N) is 1. The Labute approximate surface area is 133 Å². The van der Waals surface area contributed by atoms with E-state index >= 15 is 0 Å². The number of aromatic amines is 1. The van der Waals surface area contributed by atoms with Gasteiger partial charge in [0.15, 0.2) is 0 Å². The molecule has 1 rings (SSSR count). The van der Waals surface area contributed by atoms with E-state index in [1.165, 1.54) is 12.3 Å². The molecule has 2 unspecified atom stereocenters. The minimum absolute atomic E-state index is 0.0709. The molecule has 1 amide bonds. The summed E-state index contributed by atoms with van der Waals surface area (Å²) in [7, 11) is 0. The molecule has 0 saturated carbocycles. The summed E-state index contributed by atoms with van der Waals surface area (Å²) < 4.78 is 5.04. The molecule has 1 heterocycles. The van der Waals surface area contributed by atoms with Gasteiger partial charge in [-0.2, -0.15) is 5.26 Å². The Morgan fingerprint density at radius 2 is 2.13 bits per heavy atom. The third kappa shape index (κ3) is 6.10. The van der Waals surface area contributed by atoms with Crippen LogP contribution in [0.1, 0.15) is 44.4 Å². The maximum Gasteiger partial charge on any atom is 0.407 e. The number of ether oxygens (including phenoxy) is 1. The molecule has 23 heavy (non-hydrogen) atoms. The molecule has 0 fully saturated rings. The molecule has 0 aliphatic heterocycles. The molecule has 0 aliphatic carbocycles. The predicted octanol–water partition coefficient (Wildman–Crippen LogP) is 0.556. The van der Waals surface area contributed by atoms with Gasteiger partial charge in [0.05, 0.1) is 6.10 Å². The highest BCUT2D eigenvalue weighted by molar-refractivity contribution is 5.67. The molecule has 4 N–H and O–H groups in total. The van der Waals surface area contributed by atoms with Gasteiger partial charge < -0.3 is 25.3 Å². The highest BCUT2D eigenvalue weighted by Crippen LogP contribution is 2.18. The number of nitrogens with one attached hydrogen (secondary N) is 2. The number of aliphatic hydroxyl groups excluding tert-OH is 2. The Kier molecular flexibility index (Phi) is 6.30. The van der Waals surface area contributed by atoms with E-state index in [4.69, 9.17) is 10.00 Å². The second-order valence-corrected chi connectivity index (χ2v) is 6.02. The van der Waals surface area contributed by atoms with Crippen molar-refractivity contribution < 1.29 is 19.7 Å². The third-order valence-corrected chi connectivity index (χ3v) is 2.86. The smallest absolute Gasteiger partial charge is 0.407 e. The van der Waals surface area contributed by atoms with Crippen molar-refractivity contribution in [2.75, 3.05) is 6.54 Å². The summed E-state index contributed by atoms with van der Waals surface area (Å²) in [5, 5.41) is 31.2. The van der Waals surface area contributed by atoms with Crippen LogP contribution >= 0.6 is 0 Å². The van der Waals surface area contributed by atoms with Gasteiger partial charge in [-0.15, -0.1) is 0 Å². The average Bonchev–Trinajstić information content (AvgIpc) is 2.45. The van der Waals surface area contributed by atoms with E-state index in [0.717, 1.165) is 0 Å². The normalized spacial score (nSPS) is 13.7. The molecule has 0 spiro atoms. The average molecular weight is 323 g/mol. The van der Waals surface area contributed by atoms with Crippen molar-refractivity contribution in [2.45, 2.75) is 45.0 Å². The quantitative estimate of drug-likeness (QED) is 0.625. The van der Waals surface area contributed by atoms with E-state index in [2.05, 4.69) is 10.3 Å². The molecule has 0 aliphatic rings. The number of carbonyl (C=O) groups excluding carboxylic acids is 1. The molecule has 0 bridgehead atoms. The second-order valence-electron chi connectivity index (χ2n) is 6.02. The number of hydrogen-bond donors (Lipinski definition) is 4. The summed E-state index contributed by atoms with van der Waals surface area (Å²) in [6.07, 6.45) is -1.78. The van der Waals surface area contributed by atoms with E-state index in [9.17, 15) is 19.8 Å². The number of aliphatic hydroxyl groups is 2. The molecule has 2 atom stereocenters. The number of rotatable bonds is 5. The summed E-state index contributed by atoms with van der Waals surface area (Å²) in [5.74, 6) is 0. The molecule has 0 saturated heterocycles. The van der Waals surface area contributed by atoms with Crippen LogP contribution in [-0.4, -0.2) is 39.5 Å². The number of alkyl carbamates (subject to hydrolysis) is 1. The van der Waals surface area contributed by atoms with Crippen LogP contribution in [-0.2, 0) is 4.74 Å². The Bertz CT molecular complexity index is 642. The van der Waals surface area contributed by atoms with Crippen LogP contribution < -0.4 is 10.9 Å². The van der Waals surface area contributed by atoms with Crippen molar-refractivity contribution in [3.05, 3.63) is 33.7 Å². The first kappa shape index (κ1) is 18.7. The molecule has 8 nitrogen and oxygen atoms in total. The van der Waals surface area contributed by atoms with Crippen LogP contribution in [0.25, 0.3) is 0 Å². The highest BCUT2D eigenvalue weighted by Gasteiger charge is 2.21. The highest BCUT2D eigenvalue weighted by atomic mass is 16.6. The first-order valence-electron chi connectivity index (χ1n) is 7.10. The molecule has 0 aromatic carbocycles. The van der Waals surface area contributed by atoms with E-state index < -0.39 is 29.5 Å². The van der Waals surface area contributed by atoms with Crippen molar-refractivity contribution >= 4 is 6.09 Å². The fourth-order valence-electron chi connectivity index (χ4n) is 1.77. The number of amides is 1. The zero-order valence-corrected chi connectivity index (χ0v) is 13.3. The summed E-state index contributed by atoms with van der Waals surface area (Å²) in [6, 6.07) is 2.92. The monoisotopic (exact) mass is 323 g/mol. The molecule has 8 heteroatoms. The molecular formula is C15H21N3O5.